The zero-order valence-electron chi connectivity index (χ0n) is 18.6. The van der Waals surface area contributed by atoms with E-state index in [1.54, 1.807) is 12.1 Å². The lowest BCUT2D eigenvalue weighted by molar-refractivity contribution is -0.133. The Hall–Kier alpha value is -3.54. The summed E-state index contributed by atoms with van der Waals surface area (Å²) in [6.07, 6.45) is 1.89. The number of nitrogens with one attached hydrogen (secondary N) is 1. The molecule has 1 aliphatic rings. The topological polar surface area (TPSA) is 65.8 Å². The van der Waals surface area contributed by atoms with E-state index in [0.717, 1.165) is 18.7 Å². The molecule has 1 aliphatic heterocycles. The number of piperazine rings is 1. The standard InChI is InChI=1S/C26H29N3O3/c1-19-10-11-20(2)23(17-19)28-12-14-29(15-13-28)26(31)22(18-21-7-4-3-5-8-21)27-25(30)24-9-6-16-32-24/h3-11,16-17,22H,12-15,18H2,1-2H3,(H,27,30)/t22-/m0/s1. The molecule has 0 bridgehead atoms. The van der Waals surface area contributed by atoms with E-state index in [9.17, 15) is 9.59 Å². The number of amides is 2. The predicted molar refractivity (Wildman–Crippen MR) is 125 cm³/mol. The van der Waals surface area contributed by atoms with Crippen LogP contribution >= 0.6 is 0 Å². The molecule has 32 heavy (non-hydrogen) atoms. The van der Waals surface area contributed by atoms with Crippen molar-refractivity contribution in [1.82, 2.24) is 10.2 Å². The van der Waals surface area contributed by atoms with Crippen LogP contribution in [0.5, 0.6) is 0 Å². The van der Waals surface area contributed by atoms with E-state index >= 15 is 0 Å². The molecular formula is C26H29N3O3. The lowest BCUT2D eigenvalue weighted by Crippen LogP contribution is -2.55. The summed E-state index contributed by atoms with van der Waals surface area (Å²) in [6.45, 7) is 6.98. The van der Waals surface area contributed by atoms with Crippen molar-refractivity contribution in [2.75, 3.05) is 31.1 Å². The summed E-state index contributed by atoms with van der Waals surface area (Å²) in [5.74, 6) is -0.233. The number of nitrogens with zero attached hydrogens (tertiary/aromatic N) is 2. The largest absolute Gasteiger partial charge is 0.459 e. The van der Waals surface area contributed by atoms with Gasteiger partial charge in [-0.1, -0.05) is 42.5 Å². The first-order chi connectivity index (χ1) is 15.5. The van der Waals surface area contributed by atoms with E-state index in [2.05, 4.69) is 42.3 Å². The van der Waals surface area contributed by atoms with Crippen molar-refractivity contribution in [3.63, 3.8) is 0 Å². The Morgan fingerprint density at radius 3 is 2.41 bits per heavy atom. The van der Waals surface area contributed by atoms with Crippen molar-refractivity contribution in [3.8, 4) is 0 Å². The fourth-order valence-electron chi connectivity index (χ4n) is 4.14. The number of hydrogen-bond acceptors (Lipinski definition) is 4. The number of rotatable bonds is 6. The van der Waals surface area contributed by atoms with Crippen LogP contribution in [-0.4, -0.2) is 48.9 Å². The Morgan fingerprint density at radius 1 is 0.969 bits per heavy atom. The van der Waals surface area contributed by atoms with Crippen LogP contribution in [0.1, 0.15) is 27.2 Å². The van der Waals surface area contributed by atoms with Gasteiger partial charge >= 0.3 is 0 Å². The summed E-state index contributed by atoms with van der Waals surface area (Å²) < 4.78 is 5.21. The first kappa shape index (κ1) is 21.7. The maximum Gasteiger partial charge on any atom is 0.287 e. The zero-order valence-corrected chi connectivity index (χ0v) is 18.6. The van der Waals surface area contributed by atoms with Gasteiger partial charge in [-0.15, -0.1) is 0 Å². The second-order valence-electron chi connectivity index (χ2n) is 8.30. The highest BCUT2D eigenvalue weighted by molar-refractivity contribution is 5.95. The number of furan rings is 1. The van der Waals surface area contributed by atoms with Crippen molar-refractivity contribution in [3.05, 3.63) is 89.4 Å². The Labute approximate surface area is 188 Å². The Kier molecular flexibility index (Phi) is 6.59. The van der Waals surface area contributed by atoms with E-state index in [0.29, 0.717) is 19.5 Å². The molecule has 0 aliphatic carbocycles. The smallest absolute Gasteiger partial charge is 0.287 e. The van der Waals surface area contributed by atoms with Crippen molar-refractivity contribution >= 4 is 17.5 Å². The van der Waals surface area contributed by atoms with Crippen molar-refractivity contribution in [1.29, 1.82) is 0 Å². The van der Waals surface area contributed by atoms with E-state index in [-0.39, 0.29) is 17.6 Å². The SMILES string of the molecule is Cc1ccc(C)c(N2CCN(C(=O)[C@H](Cc3ccccc3)NC(=O)c3ccco3)CC2)c1. The summed E-state index contributed by atoms with van der Waals surface area (Å²) >= 11 is 0. The molecule has 166 valence electrons. The molecule has 3 aromatic rings. The molecule has 1 atom stereocenters. The van der Waals surface area contributed by atoms with Gasteiger partial charge in [0, 0.05) is 38.3 Å². The number of benzene rings is 2. The third-order valence-electron chi connectivity index (χ3n) is 5.93. The summed E-state index contributed by atoms with van der Waals surface area (Å²) in [4.78, 5) is 30.2. The second kappa shape index (κ2) is 9.73. The number of hydrogen-bond donors (Lipinski definition) is 1. The maximum atomic E-state index is 13.4. The van der Waals surface area contributed by atoms with Crippen molar-refractivity contribution in [2.24, 2.45) is 0 Å². The summed E-state index contributed by atoms with van der Waals surface area (Å²) in [7, 11) is 0. The molecule has 4 rings (SSSR count). The normalized spacial score (nSPS) is 14.8. The maximum absolute atomic E-state index is 13.4. The molecule has 2 heterocycles. The molecular weight excluding hydrogens is 402 g/mol. The van der Waals surface area contributed by atoms with Gasteiger partial charge in [-0.05, 0) is 48.7 Å². The molecule has 1 saturated heterocycles. The highest BCUT2D eigenvalue weighted by Crippen LogP contribution is 2.23. The predicted octanol–water partition coefficient (Wildman–Crippen LogP) is 3.59. The third kappa shape index (κ3) is 5.02. The van der Waals surface area contributed by atoms with Crippen LogP contribution in [0.2, 0.25) is 0 Å². The Bertz CT molecular complexity index is 1060. The van der Waals surface area contributed by atoms with Crippen LogP contribution in [0.4, 0.5) is 5.69 Å². The minimum Gasteiger partial charge on any atom is -0.459 e. The van der Waals surface area contributed by atoms with Crippen LogP contribution in [0.25, 0.3) is 0 Å². The average Bonchev–Trinajstić information content (AvgIpc) is 3.36. The van der Waals surface area contributed by atoms with Gasteiger partial charge in [0.25, 0.3) is 5.91 Å². The van der Waals surface area contributed by atoms with Gasteiger partial charge in [0.15, 0.2) is 5.76 Å². The van der Waals surface area contributed by atoms with Gasteiger partial charge in [-0.3, -0.25) is 9.59 Å². The monoisotopic (exact) mass is 431 g/mol. The van der Waals surface area contributed by atoms with Gasteiger partial charge < -0.3 is 19.5 Å². The Morgan fingerprint density at radius 2 is 1.72 bits per heavy atom. The van der Waals surface area contributed by atoms with E-state index in [1.165, 1.54) is 23.1 Å². The molecule has 1 fully saturated rings. The third-order valence-corrected chi connectivity index (χ3v) is 5.93. The van der Waals surface area contributed by atoms with E-state index in [4.69, 9.17) is 4.42 Å². The molecule has 0 saturated carbocycles. The first-order valence-corrected chi connectivity index (χ1v) is 11.0. The number of carbonyl (C=O) groups is 2. The molecule has 1 N–H and O–H groups in total. The lowest BCUT2D eigenvalue weighted by Gasteiger charge is -2.38. The van der Waals surface area contributed by atoms with Gasteiger partial charge in [0.2, 0.25) is 5.91 Å². The first-order valence-electron chi connectivity index (χ1n) is 11.0. The van der Waals surface area contributed by atoms with Crippen LogP contribution < -0.4 is 10.2 Å². The molecule has 2 amide bonds. The number of aryl methyl sites for hydroxylation is 2. The molecule has 6 heteroatoms. The fourth-order valence-corrected chi connectivity index (χ4v) is 4.14. The minimum absolute atomic E-state index is 0.0608. The molecule has 1 aromatic heterocycles. The van der Waals surface area contributed by atoms with Crippen LogP contribution in [0, 0.1) is 13.8 Å². The average molecular weight is 432 g/mol. The van der Waals surface area contributed by atoms with Crippen molar-refractivity contribution < 1.29 is 14.0 Å². The summed E-state index contributed by atoms with van der Waals surface area (Å²) in [5, 5.41) is 2.89. The van der Waals surface area contributed by atoms with E-state index in [1.807, 2.05) is 35.2 Å². The van der Waals surface area contributed by atoms with Crippen LogP contribution in [0.15, 0.2) is 71.3 Å². The molecule has 0 unspecified atom stereocenters. The quantitative estimate of drug-likeness (QED) is 0.648. The fraction of sp³-hybridized carbons (Fsp3) is 0.308. The molecule has 6 nitrogen and oxygen atoms in total. The number of anilines is 1. The highest BCUT2D eigenvalue weighted by Gasteiger charge is 2.30. The summed E-state index contributed by atoms with van der Waals surface area (Å²) in [6, 6.07) is 18.8. The van der Waals surface area contributed by atoms with Gasteiger partial charge in [-0.2, -0.15) is 0 Å². The highest BCUT2D eigenvalue weighted by atomic mass is 16.3. The number of carbonyl (C=O) groups excluding carboxylic acids is 2. The summed E-state index contributed by atoms with van der Waals surface area (Å²) in [5.41, 5.74) is 4.69. The molecule has 2 aromatic carbocycles. The van der Waals surface area contributed by atoms with Gasteiger partial charge in [0.05, 0.1) is 6.26 Å². The molecule has 0 radical (unpaired) electrons. The second-order valence-corrected chi connectivity index (χ2v) is 8.30. The van der Waals surface area contributed by atoms with E-state index < -0.39 is 6.04 Å². The lowest BCUT2D eigenvalue weighted by atomic mass is 10.0. The van der Waals surface area contributed by atoms with Crippen molar-refractivity contribution in [2.45, 2.75) is 26.3 Å². The Balaban J connectivity index is 1.45. The van der Waals surface area contributed by atoms with Gasteiger partial charge in [-0.25, -0.2) is 0 Å². The van der Waals surface area contributed by atoms with Crippen LogP contribution in [-0.2, 0) is 11.2 Å². The molecule has 0 spiro atoms. The van der Waals surface area contributed by atoms with Crippen LogP contribution in [0.3, 0.4) is 0 Å². The van der Waals surface area contributed by atoms with Gasteiger partial charge in [0.1, 0.15) is 6.04 Å². The minimum atomic E-state index is -0.651. The zero-order chi connectivity index (χ0) is 22.5.